The molecule has 0 bridgehead atoms. The number of carbonyl (C=O) groups is 1. The standard InChI is InChI=1S/C23H23ClN6O/c1-14-5-8-19(30-25-10-11-26-30)16(13-14)21(31)29-12-4-9-23(29,3)22-27-18-7-6-17(24)15(2)20(18)28-22/h5-8,10-11,13H,4,9,12H2,1-3H3,(H,27,28)/t23-/m0/s1. The van der Waals surface area contributed by atoms with Crippen LogP contribution in [-0.4, -0.2) is 42.3 Å². The molecule has 1 amide bonds. The molecule has 0 spiro atoms. The molecule has 1 saturated heterocycles. The monoisotopic (exact) mass is 434 g/mol. The number of rotatable bonds is 3. The lowest BCUT2D eigenvalue weighted by Crippen LogP contribution is -2.44. The highest BCUT2D eigenvalue weighted by Crippen LogP contribution is 2.40. The fourth-order valence-electron chi connectivity index (χ4n) is 4.46. The zero-order chi connectivity index (χ0) is 21.8. The average Bonchev–Trinajstić information content (AvgIpc) is 3.50. The Morgan fingerprint density at radius 1 is 1.16 bits per heavy atom. The van der Waals surface area contributed by atoms with Crippen molar-refractivity contribution in [2.45, 2.75) is 39.2 Å². The maximum atomic E-state index is 13.8. The first kappa shape index (κ1) is 19.8. The number of aromatic nitrogens is 5. The molecule has 0 radical (unpaired) electrons. The molecule has 1 fully saturated rings. The largest absolute Gasteiger partial charge is 0.340 e. The highest BCUT2D eigenvalue weighted by Gasteiger charge is 2.44. The van der Waals surface area contributed by atoms with E-state index in [4.69, 9.17) is 16.6 Å². The third-order valence-electron chi connectivity index (χ3n) is 6.25. The molecule has 5 rings (SSSR count). The summed E-state index contributed by atoms with van der Waals surface area (Å²) in [6.07, 6.45) is 4.94. The molecule has 2 aromatic carbocycles. The molecule has 1 aliphatic rings. The van der Waals surface area contributed by atoms with E-state index in [9.17, 15) is 4.79 Å². The van der Waals surface area contributed by atoms with Crippen LogP contribution in [0.15, 0.2) is 42.7 Å². The van der Waals surface area contributed by atoms with Crippen molar-refractivity contribution >= 4 is 28.5 Å². The van der Waals surface area contributed by atoms with Crippen LogP contribution in [0.4, 0.5) is 0 Å². The zero-order valence-electron chi connectivity index (χ0n) is 17.7. The molecule has 158 valence electrons. The molecule has 0 aliphatic carbocycles. The van der Waals surface area contributed by atoms with E-state index in [0.717, 1.165) is 40.8 Å². The van der Waals surface area contributed by atoms with Gasteiger partial charge in [-0.25, -0.2) is 4.98 Å². The van der Waals surface area contributed by atoms with Crippen molar-refractivity contribution in [3.8, 4) is 5.69 Å². The summed E-state index contributed by atoms with van der Waals surface area (Å²) in [7, 11) is 0. The van der Waals surface area contributed by atoms with Crippen LogP contribution in [0.3, 0.4) is 0 Å². The second-order valence-electron chi connectivity index (χ2n) is 8.33. The minimum atomic E-state index is -0.548. The number of nitrogens with one attached hydrogen (secondary N) is 1. The molecule has 0 saturated carbocycles. The van der Waals surface area contributed by atoms with Gasteiger partial charge in [-0.3, -0.25) is 4.79 Å². The van der Waals surface area contributed by atoms with E-state index in [-0.39, 0.29) is 5.91 Å². The summed E-state index contributed by atoms with van der Waals surface area (Å²) in [6.45, 7) is 6.68. The van der Waals surface area contributed by atoms with Crippen molar-refractivity contribution in [2.75, 3.05) is 6.54 Å². The fourth-order valence-corrected chi connectivity index (χ4v) is 4.61. The Bertz CT molecular complexity index is 1300. The van der Waals surface area contributed by atoms with Gasteiger partial charge in [0.2, 0.25) is 0 Å². The Labute approximate surface area is 185 Å². The highest BCUT2D eigenvalue weighted by molar-refractivity contribution is 6.32. The number of likely N-dealkylation sites (tertiary alicyclic amines) is 1. The Morgan fingerprint density at radius 3 is 2.71 bits per heavy atom. The van der Waals surface area contributed by atoms with Gasteiger partial charge in [0.25, 0.3) is 5.91 Å². The summed E-state index contributed by atoms with van der Waals surface area (Å²) < 4.78 is 0. The lowest BCUT2D eigenvalue weighted by Gasteiger charge is -2.34. The van der Waals surface area contributed by atoms with Crippen LogP contribution in [-0.2, 0) is 5.54 Å². The Balaban J connectivity index is 1.59. The number of hydrogen-bond donors (Lipinski definition) is 1. The van der Waals surface area contributed by atoms with Crippen LogP contribution in [0, 0.1) is 13.8 Å². The normalized spacial score (nSPS) is 18.8. The fraction of sp³-hybridized carbons (Fsp3) is 0.304. The number of amides is 1. The predicted octanol–water partition coefficient (Wildman–Crippen LogP) is 4.57. The number of H-pyrrole nitrogens is 1. The van der Waals surface area contributed by atoms with Crippen molar-refractivity contribution in [1.82, 2.24) is 29.9 Å². The van der Waals surface area contributed by atoms with E-state index in [1.807, 2.05) is 49.1 Å². The van der Waals surface area contributed by atoms with Crippen molar-refractivity contribution in [3.63, 3.8) is 0 Å². The third-order valence-corrected chi connectivity index (χ3v) is 6.66. The summed E-state index contributed by atoms with van der Waals surface area (Å²) in [5.41, 5.74) is 4.42. The third kappa shape index (κ3) is 3.11. The summed E-state index contributed by atoms with van der Waals surface area (Å²) in [5, 5.41) is 9.15. The number of halogens is 1. The van der Waals surface area contributed by atoms with Crippen molar-refractivity contribution in [3.05, 3.63) is 70.3 Å². The number of carbonyl (C=O) groups excluding carboxylic acids is 1. The number of fused-ring (bicyclic) bond motifs is 1. The van der Waals surface area contributed by atoms with Crippen LogP contribution >= 0.6 is 11.6 Å². The second-order valence-corrected chi connectivity index (χ2v) is 8.73. The van der Waals surface area contributed by atoms with Gasteiger partial charge in [-0.2, -0.15) is 15.0 Å². The maximum absolute atomic E-state index is 13.8. The first-order chi connectivity index (χ1) is 14.9. The molecule has 7 nitrogen and oxygen atoms in total. The second kappa shape index (κ2) is 7.20. The zero-order valence-corrected chi connectivity index (χ0v) is 18.4. The van der Waals surface area contributed by atoms with Gasteiger partial charge < -0.3 is 9.88 Å². The lowest BCUT2D eigenvalue weighted by atomic mass is 9.96. The summed E-state index contributed by atoms with van der Waals surface area (Å²) in [4.78, 5) is 25.6. The number of hydrogen-bond acceptors (Lipinski definition) is 4. The van der Waals surface area contributed by atoms with Gasteiger partial charge in [-0.05, 0) is 63.4 Å². The molecule has 1 N–H and O–H groups in total. The van der Waals surface area contributed by atoms with E-state index in [2.05, 4.69) is 22.1 Å². The van der Waals surface area contributed by atoms with E-state index in [1.165, 1.54) is 4.80 Å². The molecule has 1 aliphatic heterocycles. The number of benzene rings is 2. The number of aromatic amines is 1. The van der Waals surface area contributed by atoms with Gasteiger partial charge in [-0.1, -0.05) is 23.2 Å². The molecule has 3 heterocycles. The van der Waals surface area contributed by atoms with Crippen LogP contribution in [0.2, 0.25) is 5.02 Å². The van der Waals surface area contributed by atoms with Gasteiger partial charge in [-0.15, -0.1) is 0 Å². The van der Waals surface area contributed by atoms with Gasteiger partial charge in [0, 0.05) is 11.6 Å². The maximum Gasteiger partial charge on any atom is 0.256 e. The minimum Gasteiger partial charge on any atom is -0.340 e. The van der Waals surface area contributed by atoms with Crippen molar-refractivity contribution in [1.29, 1.82) is 0 Å². The van der Waals surface area contributed by atoms with Crippen molar-refractivity contribution < 1.29 is 4.79 Å². The topological polar surface area (TPSA) is 79.7 Å². The first-order valence-electron chi connectivity index (χ1n) is 10.3. The number of aryl methyl sites for hydroxylation is 2. The molecular weight excluding hydrogens is 412 g/mol. The summed E-state index contributed by atoms with van der Waals surface area (Å²) >= 11 is 6.30. The Morgan fingerprint density at radius 2 is 1.94 bits per heavy atom. The van der Waals surface area contributed by atoms with Gasteiger partial charge in [0.1, 0.15) is 5.82 Å². The highest BCUT2D eigenvalue weighted by atomic mass is 35.5. The van der Waals surface area contributed by atoms with Gasteiger partial charge >= 0.3 is 0 Å². The average molecular weight is 435 g/mol. The summed E-state index contributed by atoms with van der Waals surface area (Å²) in [5.74, 6) is 0.733. The van der Waals surface area contributed by atoms with Crippen LogP contribution in [0.1, 0.15) is 47.1 Å². The van der Waals surface area contributed by atoms with E-state index < -0.39 is 5.54 Å². The van der Waals surface area contributed by atoms with Crippen molar-refractivity contribution in [2.24, 2.45) is 0 Å². The van der Waals surface area contributed by atoms with Crippen LogP contribution in [0.25, 0.3) is 16.7 Å². The van der Waals surface area contributed by atoms with Crippen LogP contribution < -0.4 is 0 Å². The minimum absolute atomic E-state index is 0.0498. The van der Waals surface area contributed by atoms with Gasteiger partial charge in [0.15, 0.2) is 0 Å². The first-order valence-corrected chi connectivity index (χ1v) is 10.7. The molecule has 4 aromatic rings. The quantitative estimate of drug-likeness (QED) is 0.512. The summed E-state index contributed by atoms with van der Waals surface area (Å²) in [6, 6.07) is 9.57. The Kier molecular flexibility index (Phi) is 4.59. The molecule has 0 unspecified atom stereocenters. The SMILES string of the molecule is Cc1ccc(-n2nccn2)c(C(=O)N2CCC[C@@]2(C)c2nc3c(C)c(Cl)ccc3[nH]2)c1. The van der Waals surface area contributed by atoms with E-state index >= 15 is 0 Å². The lowest BCUT2D eigenvalue weighted by molar-refractivity contribution is 0.0605. The predicted molar refractivity (Wildman–Crippen MR) is 120 cm³/mol. The van der Waals surface area contributed by atoms with E-state index in [0.29, 0.717) is 22.8 Å². The number of imidazole rings is 1. The molecule has 1 atom stereocenters. The number of nitrogens with zero attached hydrogens (tertiary/aromatic N) is 5. The van der Waals surface area contributed by atoms with Crippen LogP contribution in [0.5, 0.6) is 0 Å². The van der Waals surface area contributed by atoms with Gasteiger partial charge in [0.05, 0.1) is 40.2 Å². The molecule has 8 heteroatoms. The molecular formula is C23H23ClN6O. The smallest absolute Gasteiger partial charge is 0.256 e. The Hall–Kier alpha value is -3.19. The molecule has 2 aromatic heterocycles. The molecule has 31 heavy (non-hydrogen) atoms. The van der Waals surface area contributed by atoms with E-state index in [1.54, 1.807) is 12.4 Å².